The van der Waals surface area contributed by atoms with Crippen LogP contribution in [-0.2, 0) is 11.0 Å². The summed E-state index contributed by atoms with van der Waals surface area (Å²) in [6, 6.07) is 11.7. The van der Waals surface area contributed by atoms with Gasteiger partial charge in [-0.3, -0.25) is 0 Å². The third-order valence-electron chi connectivity index (χ3n) is 6.05. The zero-order valence-corrected chi connectivity index (χ0v) is 12.5. The number of aliphatic hydroxyl groups is 1. The molecule has 2 heterocycles. The zero-order valence-electron chi connectivity index (χ0n) is 12.5. The van der Waals surface area contributed by atoms with Crippen molar-refractivity contribution in [2.24, 2.45) is 0 Å². The molecule has 1 saturated carbocycles. The lowest BCUT2D eigenvalue weighted by Crippen LogP contribution is -2.47. The van der Waals surface area contributed by atoms with E-state index in [0.717, 1.165) is 36.8 Å². The molecule has 0 amide bonds. The van der Waals surface area contributed by atoms with E-state index in [1.165, 1.54) is 12.8 Å². The highest BCUT2D eigenvalue weighted by Gasteiger charge is 2.48. The minimum atomic E-state index is -0.708. The Bertz CT molecular complexity index is 600. The Labute approximate surface area is 126 Å². The second kappa shape index (κ2) is 4.32. The number of piperidine rings is 1. The van der Waals surface area contributed by atoms with Crippen LogP contribution in [0.2, 0.25) is 0 Å². The van der Waals surface area contributed by atoms with Crippen molar-refractivity contribution in [3.05, 3.63) is 35.4 Å². The molecule has 2 atom stereocenters. The summed E-state index contributed by atoms with van der Waals surface area (Å²) in [4.78, 5) is 2.44. The fraction of sp³-hybridized carbons (Fsp3) is 0.611. The molecule has 3 fully saturated rings. The highest BCUT2D eigenvalue weighted by Crippen LogP contribution is 2.50. The lowest BCUT2D eigenvalue weighted by atomic mass is 9.79. The molecule has 3 aliphatic rings. The average molecular weight is 282 g/mol. The van der Waals surface area contributed by atoms with E-state index in [-0.39, 0.29) is 5.41 Å². The normalized spacial score (nSPS) is 37.2. The molecule has 3 nitrogen and oxygen atoms in total. The van der Waals surface area contributed by atoms with Crippen molar-refractivity contribution in [2.45, 2.75) is 61.6 Å². The van der Waals surface area contributed by atoms with Gasteiger partial charge in [-0.05, 0) is 56.7 Å². The molecule has 2 aliphatic heterocycles. The minimum Gasteiger partial charge on any atom is -0.385 e. The molecule has 1 aliphatic carbocycles. The van der Waals surface area contributed by atoms with Crippen LogP contribution in [-0.4, -0.2) is 29.1 Å². The molecule has 2 unspecified atom stereocenters. The smallest absolute Gasteiger partial charge is 0.0926 e. The van der Waals surface area contributed by atoms with Crippen LogP contribution in [0.4, 0.5) is 0 Å². The molecule has 2 bridgehead atoms. The largest absolute Gasteiger partial charge is 0.385 e. The maximum absolute atomic E-state index is 11.2. The molecule has 2 saturated heterocycles. The van der Waals surface area contributed by atoms with Crippen molar-refractivity contribution in [1.29, 1.82) is 5.26 Å². The van der Waals surface area contributed by atoms with Gasteiger partial charge in [-0.15, -0.1) is 0 Å². The van der Waals surface area contributed by atoms with Crippen LogP contribution < -0.4 is 0 Å². The monoisotopic (exact) mass is 282 g/mol. The van der Waals surface area contributed by atoms with E-state index in [1.807, 2.05) is 18.2 Å². The highest BCUT2D eigenvalue weighted by molar-refractivity contribution is 5.42. The first-order valence-corrected chi connectivity index (χ1v) is 8.03. The van der Waals surface area contributed by atoms with Gasteiger partial charge in [0.2, 0.25) is 0 Å². The Kier molecular flexibility index (Phi) is 2.73. The van der Waals surface area contributed by atoms with Crippen LogP contribution in [0.3, 0.4) is 0 Å². The van der Waals surface area contributed by atoms with E-state index >= 15 is 0 Å². The van der Waals surface area contributed by atoms with Crippen LogP contribution in [0.25, 0.3) is 0 Å². The first-order chi connectivity index (χ1) is 10.1. The first kappa shape index (κ1) is 13.3. The fourth-order valence-corrected chi connectivity index (χ4v) is 4.38. The number of hydrogen-bond acceptors (Lipinski definition) is 3. The van der Waals surface area contributed by atoms with Gasteiger partial charge in [0, 0.05) is 12.1 Å². The molecule has 4 rings (SSSR count). The standard InChI is InChI=1S/C18H22N2O/c1-20-15-5-6-16(20)11-18(21,10-15)14-4-2-3-13(9-14)17(12-19)7-8-17/h2-4,9,15-16,21H,5-8,10-11H2,1H3. The van der Waals surface area contributed by atoms with Crippen molar-refractivity contribution in [3.8, 4) is 6.07 Å². The van der Waals surface area contributed by atoms with Gasteiger partial charge in [-0.1, -0.05) is 24.3 Å². The maximum atomic E-state index is 11.2. The van der Waals surface area contributed by atoms with Crippen molar-refractivity contribution >= 4 is 0 Å². The van der Waals surface area contributed by atoms with Crippen molar-refractivity contribution in [1.82, 2.24) is 4.90 Å². The number of nitriles is 1. The van der Waals surface area contributed by atoms with Gasteiger partial charge in [0.05, 0.1) is 17.1 Å². The Hall–Kier alpha value is -1.37. The van der Waals surface area contributed by atoms with Crippen LogP contribution >= 0.6 is 0 Å². The van der Waals surface area contributed by atoms with Gasteiger partial charge in [0.15, 0.2) is 0 Å². The summed E-state index contributed by atoms with van der Waals surface area (Å²) in [5, 5.41) is 20.6. The van der Waals surface area contributed by atoms with Crippen LogP contribution in [0.15, 0.2) is 24.3 Å². The van der Waals surface area contributed by atoms with Crippen molar-refractivity contribution in [3.63, 3.8) is 0 Å². The summed E-state index contributed by atoms with van der Waals surface area (Å²) in [6.07, 6.45) is 5.96. The van der Waals surface area contributed by atoms with Gasteiger partial charge in [0.25, 0.3) is 0 Å². The second-order valence-corrected chi connectivity index (χ2v) is 7.27. The highest BCUT2D eigenvalue weighted by atomic mass is 16.3. The second-order valence-electron chi connectivity index (χ2n) is 7.27. The third kappa shape index (κ3) is 1.93. The molecule has 0 radical (unpaired) electrons. The molecule has 0 aromatic heterocycles. The van der Waals surface area contributed by atoms with Gasteiger partial charge >= 0.3 is 0 Å². The van der Waals surface area contributed by atoms with Crippen molar-refractivity contribution < 1.29 is 5.11 Å². The molecular weight excluding hydrogens is 260 g/mol. The number of rotatable bonds is 2. The van der Waals surface area contributed by atoms with E-state index in [4.69, 9.17) is 0 Å². The average Bonchev–Trinajstić information content (AvgIpc) is 3.26. The van der Waals surface area contributed by atoms with E-state index in [9.17, 15) is 10.4 Å². The summed E-state index contributed by atoms with van der Waals surface area (Å²) >= 11 is 0. The molecular formula is C18H22N2O. The molecule has 1 aromatic rings. The lowest BCUT2D eigenvalue weighted by molar-refractivity contribution is -0.0493. The predicted octanol–water partition coefficient (Wildman–Crippen LogP) is 2.69. The van der Waals surface area contributed by atoms with Gasteiger partial charge in [0.1, 0.15) is 0 Å². The Morgan fingerprint density at radius 2 is 1.81 bits per heavy atom. The first-order valence-electron chi connectivity index (χ1n) is 8.03. The molecule has 3 heteroatoms. The maximum Gasteiger partial charge on any atom is 0.0926 e. The van der Waals surface area contributed by atoms with E-state index in [1.54, 1.807) is 0 Å². The van der Waals surface area contributed by atoms with Crippen molar-refractivity contribution in [2.75, 3.05) is 7.05 Å². The van der Waals surface area contributed by atoms with E-state index in [2.05, 4.69) is 24.1 Å². The summed E-state index contributed by atoms with van der Waals surface area (Å²) in [5.74, 6) is 0. The predicted molar refractivity (Wildman–Crippen MR) is 80.7 cm³/mol. The summed E-state index contributed by atoms with van der Waals surface area (Å²) in [7, 11) is 2.19. The SMILES string of the molecule is CN1C2CCC1CC(O)(c1cccc(C3(C#N)CC3)c1)C2. The van der Waals surface area contributed by atoms with E-state index in [0.29, 0.717) is 12.1 Å². The molecule has 110 valence electrons. The summed E-state index contributed by atoms with van der Waals surface area (Å²) < 4.78 is 0. The molecule has 0 spiro atoms. The Morgan fingerprint density at radius 1 is 1.19 bits per heavy atom. The lowest BCUT2D eigenvalue weighted by Gasteiger charge is -2.42. The number of hydrogen-bond donors (Lipinski definition) is 1. The minimum absolute atomic E-state index is 0.267. The van der Waals surface area contributed by atoms with Crippen LogP contribution in [0, 0.1) is 11.3 Å². The molecule has 1 aromatic carbocycles. The van der Waals surface area contributed by atoms with Gasteiger partial charge in [-0.25, -0.2) is 0 Å². The third-order valence-corrected chi connectivity index (χ3v) is 6.05. The molecule has 1 N–H and O–H groups in total. The zero-order chi connectivity index (χ0) is 14.7. The van der Waals surface area contributed by atoms with Crippen LogP contribution in [0.5, 0.6) is 0 Å². The Balaban J connectivity index is 1.68. The van der Waals surface area contributed by atoms with Gasteiger partial charge in [-0.2, -0.15) is 5.26 Å². The summed E-state index contributed by atoms with van der Waals surface area (Å²) in [5.41, 5.74) is 1.14. The fourth-order valence-electron chi connectivity index (χ4n) is 4.38. The Morgan fingerprint density at radius 3 is 2.38 bits per heavy atom. The number of benzene rings is 1. The quantitative estimate of drug-likeness (QED) is 0.907. The van der Waals surface area contributed by atoms with Crippen LogP contribution in [0.1, 0.15) is 49.7 Å². The number of fused-ring (bicyclic) bond motifs is 2. The number of nitrogens with zero attached hydrogens (tertiary/aromatic N) is 2. The van der Waals surface area contributed by atoms with E-state index < -0.39 is 5.60 Å². The molecule has 21 heavy (non-hydrogen) atoms. The van der Waals surface area contributed by atoms with Gasteiger partial charge < -0.3 is 10.0 Å². The topological polar surface area (TPSA) is 47.3 Å². The summed E-state index contributed by atoms with van der Waals surface area (Å²) in [6.45, 7) is 0.